The Hall–Kier alpha value is -2.86. The fraction of sp³-hybridized carbons (Fsp3) is 0.391. The Morgan fingerprint density at radius 2 is 1.72 bits per heavy atom. The summed E-state index contributed by atoms with van der Waals surface area (Å²) in [5, 5.41) is 3.07. The third-order valence-electron chi connectivity index (χ3n) is 5.67. The number of fused-ring (bicyclic) bond motifs is 1. The van der Waals surface area contributed by atoms with Crippen molar-refractivity contribution in [2.24, 2.45) is 7.05 Å². The lowest BCUT2D eigenvalue weighted by Crippen LogP contribution is -2.51. The zero-order chi connectivity index (χ0) is 20.1. The summed E-state index contributed by atoms with van der Waals surface area (Å²) >= 11 is 0. The molecule has 0 spiro atoms. The minimum atomic E-state index is 0.0560. The molecule has 0 unspecified atom stereocenters. The molecule has 6 nitrogen and oxygen atoms in total. The largest absolute Gasteiger partial charge is 0.338 e. The maximum absolute atomic E-state index is 12.4. The van der Waals surface area contributed by atoms with Crippen LogP contribution in [0.5, 0.6) is 0 Å². The highest BCUT2D eigenvalue weighted by atomic mass is 16.2. The molecule has 2 amide bonds. The number of piperazine rings is 1. The lowest BCUT2D eigenvalue weighted by Gasteiger charge is -2.34. The minimum Gasteiger partial charge on any atom is -0.338 e. The molecule has 1 saturated heterocycles. The summed E-state index contributed by atoms with van der Waals surface area (Å²) in [5.41, 5.74) is 3.52. The van der Waals surface area contributed by atoms with Crippen molar-refractivity contribution in [3.63, 3.8) is 0 Å². The number of urea groups is 1. The maximum Gasteiger partial charge on any atom is 0.317 e. The van der Waals surface area contributed by atoms with Crippen molar-refractivity contribution in [2.75, 3.05) is 32.7 Å². The number of para-hydroxylation sites is 2. The molecule has 0 aliphatic carbocycles. The molecule has 152 valence electrons. The van der Waals surface area contributed by atoms with Crippen LogP contribution < -0.4 is 5.32 Å². The number of aromatic nitrogens is 2. The Kier molecular flexibility index (Phi) is 6.10. The van der Waals surface area contributed by atoms with E-state index in [4.69, 9.17) is 4.98 Å². The molecule has 0 radical (unpaired) electrons. The van der Waals surface area contributed by atoms with Crippen molar-refractivity contribution in [1.82, 2.24) is 24.7 Å². The van der Waals surface area contributed by atoms with E-state index in [1.807, 2.05) is 23.1 Å². The number of imidazole rings is 1. The third-order valence-corrected chi connectivity index (χ3v) is 5.67. The summed E-state index contributed by atoms with van der Waals surface area (Å²) in [4.78, 5) is 21.5. The Morgan fingerprint density at radius 1 is 1.00 bits per heavy atom. The number of benzene rings is 2. The van der Waals surface area contributed by atoms with Gasteiger partial charge in [0.25, 0.3) is 0 Å². The van der Waals surface area contributed by atoms with E-state index in [0.29, 0.717) is 6.54 Å². The van der Waals surface area contributed by atoms with Gasteiger partial charge < -0.3 is 14.8 Å². The number of carbonyl (C=O) groups is 1. The lowest BCUT2D eigenvalue weighted by atomic mass is 10.1. The number of nitrogens with one attached hydrogen (secondary N) is 1. The molecular weight excluding hydrogens is 362 g/mol. The number of amides is 2. The number of carbonyl (C=O) groups excluding carboxylic acids is 1. The van der Waals surface area contributed by atoms with E-state index < -0.39 is 0 Å². The predicted molar refractivity (Wildman–Crippen MR) is 116 cm³/mol. The second-order valence-corrected chi connectivity index (χ2v) is 7.66. The molecule has 0 atom stereocenters. The van der Waals surface area contributed by atoms with Gasteiger partial charge in [0.1, 0.15) is 5.82 Å². The molecule has 1 aromatic heterocycles. The molecule has 1 N–H and O–H groups in total. The number of hydrogen-bond acceptors (Lipinski definition) is 3. The van der Waals surface area contributed by atoms with E-state index in [1.165, 1.54) is 5.56 Å². The van der Waals surface area contributed by atoms with E-state index >= 15 is 0 Å². The lowest BCUT2D eigenvalue weighted by molar-refractivity contribution is 0.133. The van der Waals surface area contributed by atoms with Gasteiger partial charge in [-0.2, -0.15) is 0 Å². The summed E-state index contributed by atoms with van der Waals surface area (Å²) < 4.78 is 2.17. The molecule has 3 aromatic rings. The first-order valence-electron chi connectivity index (χ1n) is 10.4. The van der Waals surface area contributed by atoms with Gasteiger partial charge in [-0.15, -0.1) is 0 Å². The zero-order valence-corrected chi connectivity index (χ0v) is 17.1. The van der Waals surface area contributed by atoms with Crippen molar-refractivity contribution in [2.45, 2.75) is 19.4 Å². The van der Waals surface area contributed by atoms with E-state index in [2.05, 4.69) is 58.2 Å². The summed E-state index contributed by atoms with van der Waals surface area (Å²) in [5.74, 6) is 1.07. The van der Waals surface area contributed by atoms with Gasteiger partial charge in [0, 0.05) is 39.8 Å². The summed E-state index contributed by atoms with van der Waals surface area (Å²) in [6, 6.07) is 18.7. The van der Waals surface area contributed by atoms with Crippen LogP contribution in [0.15, 0.2) is 54.6 Å². The van der Waals surface area contributed by atoms with Gasteiger partial charge >= 0.3 is 6.03 Å². The van der Waals surface area contributed by atoms with E-state index in [1.54, 1.807) is 0 Å². The van der Waals surface area contributed by atoms with Crippen molar-refractivity contribution >= 4 is 17.1 Å². The second kappa shape index (κ2) is 9.09. The molecule has 1 aliphatic rings. The first kappa shape index (κ1) is 19.5. The molecular formula is C23H29N5O. The third kappa shape index (κ3) is 4.77. The average molecular weight is 392 g/mol. The van der Waals surface area contributed by atoms with Crippen molar-refractivity contribution in [1.29, 1.82) is 0 Å². The number of aryl methyl sites for hydroxylation is 2. The number of rotatable bonds is 6. The number of hydrogen-bond donors (Lipinski definition) is 1. The highest BCUT2D eigenvalue weighted by Gasteiger charge is 2.22. The first-order chi connectivity index (χ1) is 14.2. The Balaban J connectivity index is 1.20. The van der Waals surface area contributed by atoms with Gasteiger partial charge in [-0.05, 0) is 30.5 Å². The number of nitrogens with zero attached hydrogens (tertiary/aromatic N) is 4. The second-order valence-electron chi connectivity index (χ2n) is 7.66. The molecule has 4 rings (SSSR count). The van der Waals surface area contributed by atoms with Crippen LogP contribution >= 0.6 is 0 Å². The average Bonchev–Trinajstić information content (AvgIpc) is 3.08. The Labute approximate surface area is 172 Å². The quantitative estimate of drug-likeness (QED) is 0.657. The van der Waals surface area contributed by atoms with Crippen molar-refractivity contribution in [3.05, 3.63) is 66.0 Å². The highest BCUT2D eigenvalue weighted by Crippen LogP contribution is 2.16. The van der Waals surface area contributed by atoms with Gasteiger partial charge in [-0.25, -0.2) is 9.78 Å². The Morgan fingerprint density at radius 3 is 2.48 bits per heavy atom. The molecule has 0 saturated carbocycles. The molecule has 0 bridgehead atoms. The van der Waals surface area contributed by atoms with Crippen molar-refractivity contribution < 1.29 is 4.79 Å². The van der Waals surface area contributed by atoms with Crippen molar-refractivity contribution in [3.8, 4) is 0 Å². The topological polar surface area (TPSA) is 53.4 Å². The summed E-state index contributed by atoms with van der Waals surface area (Å²) in [6.07, 6.45) is 1.95. The van der Waals surface area contributed by atoms with Crippen LogP contribution in [-0.4, -0.2) is 58.1 Å². The molecule has 1 aliphatic heterocycles. The predicted octanol–water partition coefficient (Wildman–Crippen LogP) is 3.03. The van der Waals surface area contributed by atoms with Gasteiger partial charge in [0.2, 0.25) is 0 Å². The van der Waals surface area contributed by atoms with Gasteiger partial charge in [0.05, 0.1) is 17.6 Å². The fourth-order valence-electron chi connectivity index (χ4n) is 3.89. The molecule has 29 heavy (non-hydrogen) atoms. The van der Waals surface area contributed by atoms with Crippen LogP contribution in [0.1, 0.15) is 17.8 Å². The maximum atomic E-state index is 12.4. The molecule has 2 heterocycles. The SMILES string of the molecule is Cn1c(CN2CCN(C(=O)NCCCc3ccccc3)CC2)nc2ccccc21. The van der Waals surface area contributed by atoms with Crippen LogP contribution in [-0.2, 0) is 20.0 Å². The van der Waals surface area contributed by atoms with Crippen LogP contribution in [0, 0.1) is 0 Å². The molecule has 2 aromatic carbocycles. The smallest absolute Gasteiger partial charge is 0.317 e. The first-order valence-corrected chi connectivity index (χ1v) is 10.4. The van der Waals surface area contributed by atoms with Gasteiger partial charge in [0.15, 0.2) is 0 Å². The van der Waals surface area contributed by atoms with Crippen LogP contribution in [0.25, 0.3) is 11.0 Å². The standard InChI is InChI=1S/C23H29N5O/c1-26-21-12-6-5-11-20(21)25-22(26)18-27-14-16-28(17-15-27)23(29)24-13-7-10-19-8-3-2-4-9-19/h2-6,8-9,11-12H,7,10,13-18H2,1H3,(H,24,29). The van der Waals surface area contributed by atoms with E-state index in [0.717, 1.165) is 62.4 Å². The molecule has 1 fully saturated rings. The monoisotopic (exact) mass is 391 g/mol. The summed E-state index contributed by atoms with van der Waals surface area (Å²) in [7, 11) is 2.07. The zero-order valence-electron chi connectivity index (χ0n) is 17.1. The van der Waals surface area contributed by atoms with Gasteiger partial charge in [-0.1, -0.05) is 42.5 Å². The fourth-order valence-corrected chi connectivity index (χ4v) is 3.89. The van der Waals surface area contributed by atoms with Crippen LogP contribution in [0.3, 0.4) is 0 Å². The van der Waals surface area contributed by atoms with E-state index in [-0.39, 0.29) is 6.03 Å². The Bertz CT molecular complexity index is 944. The van der Waals surface area contributed by atoms with E-state index in [9.17, 15) is 4.79 Å². The highest BCUT2D eigenvalue weighted by molar-refractivity contribution is 5.75. The normalized spacial score (nSPS) is 15.0. The molecule has 6 heteroatoms. The van der Waals surface area contributed by atoms with Gasteiger partial charge in [-0.3, -0.25) is 4.90 Å². The summed E-state index contributed by atoms with van der Waals surface area (Å²) in [6.45, 7) is 4.80. The minimum absolute atomic E-state index is 0.0560. The van der Waals surface area contributed by atoms with Crippen LogP contribution in [0.2, 0.25) is 0 Å². The van der Waals surface area contributed by atoms with Crippen LogP contribution in [0.4, 0.5) is 4.79 Å².